The van der Waals surface area contributed by atoms with Crippen molar-refractivity contribution >= 4 is 5.91 Å². The maximum absolute atomic E-state index is 12.6. The van der Waals surface area contributed by atoms with E-state index >= 15 is 0 Å². The summed E-state index contributed by atoms with van der Waals surface area (Å²) in [5.41, 5.74) is 1.23. The fraction of sp³-hybridized carbons (Fsp3) is 0.650. The molecule has 0 saturated carbocycles. The highest BCUT2D eigenvalue weighted by molar-refractivity contribution is 5.81. The van der Waals surface area contributed by atoms with Gasteiger partial charge >= 0.3 is 0 Å². The Labute approximate surface area is 154 Å². The molecule has 3 atom stereocenters. The molecule has 0 N–H and O–H groups in total. The van der Waals surface area contributed by atoms with Crippen LogP contribution in [0.5, 0.6) is 11.5 Å². The molecule has 3 saturated heterocycles. The van der Waals surface area contributed by atoms with Gasteiger partial charge in [-0.25, -0.2) is 0 Å². The zero-order valence-electron chi connectivity index (χ0n) is 15.1. The van der Waals surface area contributed by atoms with Crippen LogP contribution in [0.15, 0.2) is 18.2 Å². The molecule has 1 aromatic carbocycles. The van der Waals surface area contributed by atoms with Crippen molar-refractivity contribution in [3.63, 3.8) is 0 Å². The van der Waals surface area contributed by atoms with E-state index < -0.39 is 0 Å². The van der Waals surface area contributed by atoms with Crippen molar-refractivity contribution in [1.82, 2.24) is 9.80 Å². The lowest BCUT2D eigenvalue weighted by molar-refractivity contribution is -0.142. The van der Waals surface area contributed by atoms with Crippen LogP contribution in [0.1, 0.15) is 31.2 Å². The van der Waals surface area contributed by atoms with Gasteiger partial charge in [-0.2, -0.15) is 0 Å². The van der Waals surface area contributed by atoms with Gasteiger partial charge in [-0.15, -0.1) is 0 Å². The van der Waals surface area contributed by atoms with E-state index in [0.29, 0.717) is 12.7 Å². The van der Waals surface area contributed by atoms with Crippen LogP contribution < -0.4 is 9.47 Å². The molecule has 6 heteroatoms. The first-order valence-corrected chi connectivity index (χ1v) is 9.81. The van der Waals surface area contributed by atoms with E-state index in [-0.39, 0.29) is 18.1 Å². The Balaban J connectivity index is 1.19. The van der Waals surface area contributed by atoms with Crippen LogP contribution in [-0.2, 0) is 16.1 Å². The van der Waals surface area contributed by atoms with Gasteiger partial charge in [0, 0.05) is 26.2 Å². The molecular weight excluding hydrogens is 332 g/mol. The van der Waals surface area contributed by atoms with Crippen LogP contribution in [0.2, 0.25) is 0 Å². The molecule has 4 aliphatic heterocycles. The maximum Gasteiger partial charge on any atom is 0.251 e. The van der Waals surface area contributed by atoms with E-state index in [0.717, 1.165) is 69.9 Å². The fourth-order valence-corrected chi connectivity index (χ4v) is 4.74. The van der Waals surface area contributed by atoms with E-state index in [2.05, 4.69) is 17.0 Å². The third-order valence-electron chi connectivity index (χ3n) is 6.17. The Kier molecular flexibility index (Phi) is 4.25. The summed E-state index contributed by atoms with van der Waals surface area (Å²) in [7, 11) is 0. The van der Waals surface area contributed by atoms with Gasteiger partial charge in [-0.05, 0) is 55.8 Å². The predicted molar refractivity (Wildman–Crippen MR) is 95.0 cm³/mol. The van der Waals surface area contributed by atoms with Crippen LogP contribution in [0.3, 0.4) is 0 Å². The molecule has 5 rings (SSSR count). The number of likely N-dealkylation sites (tertiary alicyclic amines) is 2. The van der Waals surface area contributed by atoms with Crippen molar-refractivity contribution in [2.45, 2.75) is 44.4 Å². The Morgan fingerprint density at radius 1 is 1.12 bits per heavy atom. The third kappa shape index (κ3) is 3.05. The van der Waals surface area contributed by atoms with Crippen LogP contribution in [-0.4, -0.2) is 60.9 Å². The number of amides is 1. The summed E-state index contributed by atoms with van der Waals surface area (Å²) in [4.78, 5) is 17.1. The number of hydrogen-bond donors (Lipinski definition) is 0. The maximum atomic E-state index is 12.6. The number of carbonyl (C=O) groups excluding carboxylic acids is 1. The summed E-state index contributed by atoms with van der Waals surface area (Å²) in [6, 6.07) is 6.17. The van der Waals surface area contributed by atoms with Crippen molar-refractivity contribution in [2.24, 2.45) is 5.92 Å². The Morgan fingerprint density at radius 2 is 1.96 bits per heavy atom. The molecular formula is C20H26N2O4. The normalized spacial score (nSPS) is 30.6. The molecule has 0 radical (unpaired) electrons. The highest BCUT2D eigenvalue weighted by Crippen LogP contribution is 2.36. The molecule has 0 aliphatic carbocycles. The second-order valence-electron chi connectivity index (χ2n) is 7.90. The molecule has 6 nitrogen and oxygen atoms in total. The number of nitrogens with zero attached hydrogens (tertiary/aromatic N) is 2. The minimum atomic E-state index is -0.214. The molecule has 4 aliphatic rings. The predicted octanol–water partition coefficient (Wildman–Crippen LogP) is 2.02. The number of carbonyl (C=O) groups is 1. The average molecular weight is 358 g/mol. The van der Waals surface area contributed by atoms with E-state index in [1.54, 1.807) is 0 Å². The molecule has 1 aromatic rings. The molecule has 26 heavy (non-hydrogen) atoms. The summed E-state index contributed by atoms with van der Waals surface area (Å²) >= 11 is 0. The SMILES string of the molecule is O=C([C@@H]1C[C@H]2CCN(Cc3ccc4c(c3)OCO4)C[C@H]2O1)N1CCCC1. The second-order valence-corrected chi connectivity index (χ2v) is 7.90. The van der Waals surface area contributed by atoms with E-state index in [4.69, 9.17) is 14.2 Å². The first-order chi connectivity index (χ1) is 12.8. The smallest absolute Gasteiger partial charge is 0.251 e. The lowest BCUT2D eigenvalue weighted by atomic mass is 9.91. The molecule has 4 heterocycles. The molecule has 0 unspecified atom stereocenters. The van der Waals surface area contributed by atoms with Gasteiger partial charge in [-0.1, -0.05) is 6.07 Å². The molecule has 0 aromatic heterocycles. The first kappa shape index (κ1) is 16.4. The number of benzene rings is 1. The molecule has 3 fully saturated rings. The summed E-state index contributed by atoms with van der Waals surface area (Å²) in [6.45, 7) is 4.97. The van der Waals surface area contributed by atoms with E-state index in [1.807, 2.05) is 11.0 Å². The highest BCUT2D eigenvalue weighted by Gasteiger charge is 2.43. The number of rotatable bonds is 3. The van der Waals surface area contributed by atoms with Crippen molar-refractivity contribution in [3.05, 3.63) is 23.8 Å². The minimum Gasteiger partial charge on any atom is -0.454 e. The second kappa shape index (κ2) is 6.74. The first-order valence-electron chi connectivity index (χ1n) is 9.81. The lowest BCUT2D eigenvalue weighted by Crippen LogP contribution is -2.42. The Bertz CT molecular complexity index is 688. The number of piperidine rings is 1. The molecule has 0 bridgehead atoms. The monoisotopic (exact) mass is 358 g/mol. The van der Waals surface area contributed by atoms with Gasteiger partial charge in [0.25, 0.3) is 5.91 Å². The quantitative estimate of drug-likeness (QED) is 0.827. The van der Waals surface area contributed by atoms with Crippen molar-refractivity contribution < 1.29 is 19.0 Å². The van der Waals surface area contributed by atoms with Gasteiger partial charge < -0.3 is 19.1 Å². The zero-order chi connectivity index (χ0) is 17.5. The summed E-state index contributed by atoms with van der Waals surface area (Å²) in [5, 5.41) is 0. The summed E-state index contributed by atoms with van der Waals surface area (Å²) < 4.78 is 17.1. The van der Waals surface area contributed by atoms with Crippen molar-refractivity contribution in [3.8, 4) is 11.5 Å². The zero-order valence-corrected chi connectivity index (χ0v) is 15.1. The van der Waals surface area contributed by atoms with Crippen LogP contribution in [0, 0.1) is 5.92 Å². The average Bonchev–Trinajstić information content (AvgIpc) is 3.40. The molecule has 0 spiro atoms. The standard InChI is InChI=1S/C20H26N2O4/c23-20(22-6-1-2-7-22)18-10-15-5-8-21(12-19(15)26-18)11-14-3-4-16-17(9-14)25-13-24-16/h3-4,9,15,18-19H,1-2,5-8,10-13H2/t15-,18+,19-/m1/s1. The third-order valence-corrected chi connectivity index (χ3v) is 6.17. The molecule has 1 amide bonds. The van der Waals surface area contributed by atoms with Crippen LogP contribution >= 0.6 is 0 Å². The van der Waals surface area contributed by atoms with Crippen LogP contribution in [0.4, 0.5) is 0 Å². The van der Waals surface area contributed by atoms with Gasteiger partial charge in [0.1, 0.15) is 6.10 Å². The Morgan fingerprint density at radius 3 is 2.85 bits per heavy atom. The van der Waals surface area contributed by atoms with Crippen molar-refractivity contribution in [1.29, 1.82) is 0 Å². The number of hydrogen-bond acceptors (Lipinski definition) is 5. The summed E-state index contributed by atoms with van der Waals surface area (Å²) in [5.74, 6) is 2.42. The van der Waals surface area contributed by atoms with Gasteiger partial charge in [0.05, 0.1) is 6.10 Å². The topological polar surface area (TPSA) is 51.2 Å². The Hall–Kier alpha value is -1.79. The largest absolute Gasteiger partial charge is 0.454 e. The van der Waals surface area contributed by atoms with Gasteiger partial charge in [0.15, 0.2) is 11.5 Å². The van der Waals surface area contributed by atoms with Crippen LogP contribution in [0.25, 0.3) is 0 Å². The minimum absolute atomic E-state index is 0.189. The van der Waals surface area contributed by atoms with Crippen molar-refractivity contribution in [2.75, 3.05) is 33.0 Å². The van der Waals surface area contributed by atoms with Gasteiger partial charge in [-0.3, -0.25) is 9.69 Å². The molecule has 140 valence electrons. The van der Waals surface area contributed by atoms with E-state index in [9.17, 15) is 4.79 Å². The van der Waals surface area contributed by atoms with E-state index in [1.165, 1.54) is 5.56 Å². The number of ether oxygens (including phenoxy) is 3. The lowest BCUT2D eigenvalue weighted by Gasteiger charge is -2.34. The highest BCUT2D eigenvalue weighted by atomic mass is 16.7. The fourth-order valence-electron chi connectivity index (χ4n) is 4.74. The van der Waals surface area contributed by atoms with Gasteiger partial charge in [0.2, 0.25) is 6.79 Å². The summed E-state index contributed by atoms with van der Waals surface area (Å²) in [6.07, 6.45) is 4.25. The number of fused-ring (bicyclic) bond motifs is 2.